The fourth-order valence-corrected chi connectivity index (χ4v) is 3.52. The van der Waals surface area contributed by atoms with Crippen molar-refractivity contribution in [3.05, 3.63) is 71.3 Å². The van der Waals surface area contributed by atoms with Crippen LogP contribution in [0.25, 0.3) is 0 Å². The average Bonchev–Trinajstić information content (AvgIpc) is 3.03. The molecular weight excluding hydrogens is 396 g/mol. The third kappa shape index (κ3) is 4.66. The number of nitrogens with zero attached hydrogens (tertiary/aromatic N) is 2. The van der Waals surface area contributed by atoms with E-state index in [0.29, 0.717) is 24.4 Å². The Morgan fingerprint density at radius 1 is 1.19 bits per heavy atom. The summed E-state index contributed by atoms with van der Waals surface area (Å²) in [5.74, 6) is -2.05. The van der Waals surface area contributed by atoms with E-state index in [1.807, 2.05) is 20.8 Å². The summed E-state index contributed by atoms with van der Waals surface area (Å²) in [5, 5.41) is 10.6. The number of amides is 1. The van der Waals surface area contributed by atoms with Gasteiger partial charge >= 0.3 is 5.97 Å². The Morgan fingerprint density at radius 3 is 2.61 bits per heavy atom. The number of ether oxygens (including phenoxy) is 1. The lowest BCUT2D eigenvalue weighted by atomic mass is 9.94. The summed E-state index contributed by atoms with van der Waals surface area (Å²) in [6.45, 7) is 5.98. The van der Waals surface area contributed by atoms with Crippen molar-refractivity contribution in [2.24, 2.45) is 5.92 Å². The molecule has 1 aromatic carbocycles. The normalized spacial score (nSPS) is 16.2. The van der Waals surface area contributed by atoms with Gasteiger partial charge < -0.3 is 9.84 Å². The number of benzene rings is 1. The zero-order chi connectivity index (χ0) is 22.5. The first-order chi connectivity index (χ1) is 14.8. The van der Waals surface area contributed by atoms with Crippen LogP contribution in [-0.4, -0.2) is 34.4 Å². The summed E-state index contributed by atoms with van der Waals surface area (Å²) in [7, 11) is 0. The standard InChI is InChI=1S/C24H26N2O5/c1-4-12-31-24(30)16-8-7-9-17(14-16)26-21(18-10-5-6-11-25-18)20(22(28)23(26)29)19(27)13-15(2)3/h5-11,14-15,21,28H,4,12-13H2,1-3H3. The van der Waals surface area contributed by atoms with Crippen molar-refractivity contribution in [3.8, 4) is 0 Å². The average molecular weight is 422 g/mol. The van der Waals surface area contributed by atoms with Gasteiger partial charge in [0.25, 0.3) is 5.91 Å². The Morgan fingerprint density at radius 2 is 1.97 bits per heavy atom. The molecule has 31 heavy (non-hydrogen) atoms. The minimum Gasteiger partial charge on any atom is -0.503 e. The van der Waals surface area contributed by atoms with Crippen LogP contribution in [0.4, 0.5) is 5.69 Å². The molecule has 0 saturated heterocycles. The summed E-state index contributed by atoms with van der Waals surface area (Å²) >= 11 is 0. The third-order valence-electron chi connectivity index (χ3n) is 4.87. The third-order valence-corrected chi connectivity index (χ3v) is 4.87. The molecule has 0 fully saturated rings. The molecule has 1 atom stereocenters. The molecular formula is C24H26N2O5. The Kier molecular flexibility index (Phi) is 6.84. The smallest absolute Gasteiger partial charge is 0.338 e. The number of rotatable bonds is 8. The van der Waals surface area contributed by atoms with E-state index in [0.717, 1.165) is 0 Å². The molecule has 1 aromatic heterocycles. The van der Waals surface area contributed by atoms with Crippen molar-refractivity contribution in [3.63, 3.8) is 0 Å². The lowest BCUT2D eigenvalue weighted by Crippen LogP contribution is -2.31. The van der Waals surface area contributed by atoms with Crippen molar-refractivity contribution in [2.75, 3.05) is 11.5 Å². The molecule has 2 aromatic rings. The molecule has 1 N–H and O–H groups in total. The van der Waals surface area contributed by atoms with Crippen molar-refractivity contribution in [1.82, 2.24) is 4.98 Å². The highest BCUT2D eigenvalue weighted by atomic mass is 16.5. The van der Waals surface area contributed by atoms with Gasteiger partial charge in [-0.2, -0.15) is 0 Å². The highest BCUT2D eigenvalue weighted by molar-refractivity contribution is 6.16. The van der Waals surface area contributed by atoms with Crippen LogP contribution >= 0.6 is 0 Å². The lowest BCUT2D eigenvalue weighted by molar-refractivity contribution is -0.118. The number of hydrogen-bond donors (Lipinski definition) is 1. The van der Waals surface area contributed by atoms with E-state index in [1.54, 1.807) is 42.6 Å². The van der Waals surface area contributed by atoms with E-state index in [-0.39, 0.29) is 29.3 Å². The number of carbonyl (C=O) groups excluding carboxylic acids is 3. The van der Waals surface area contributed by atoms with Gasteiger partial charge in [0.1, 0.15) is 6.04 Å². The zero-order valence-corrected chi connectivity index (χ0v) is 17.9. The number of hydrogen-bond acceptors (Lipinski definition) is 6. The highest BCUT2D eigenvalue weighted by Crippen LogP contribution is 2.41. The maximum Gasteiger partial charge on any atom is 0.338 e. The van der Waals surface area contributed by atoms with E-state index >= 15 is 0 Å². The van der Waals surface area contributed by atoms with Gasteiger partial charge in [0.15, 0.2) is 11.5 Å². The van der Waals surface area contributed by atoms with E-state index in [1.165, 1.54) is 11.0 Å². The highest BCUT2D eigenvalue weighted by Gasteiger charge is 2.45. The van der Waals surface area contributed by atoms with Gasteiger partial charge in [-0.15, -0.1) is 0 Å². The number of Topliss-reactive ketones (excluding diaryl/α,β-unsaturated/α-hetero) is 1. The van der Waals surface area contributed by atoms with E-state index in [2.05, 4.69) is 4.98 Å². The second-order valence-corrected chi connectivity index (χ2v) is 7.80. The van der Waals surface area contributed by atoms with Crippen LogP contribution in [0.5, 0.6) is 0 Å². The number of aromatic nitrogens is 1. The predicted octanol–water partition coefficient (Wildman–Crippen LogP) is 4.16. The van der Waals surface area contributed by atoms with Crippen LogP contribution in [-0.2, 0) is 14.3 Å². The van der Waals surface area contributed by atoms with E-state index < -0.39 is 23.7 Å². The first kappa shape index (κ1) is 22.2. The maximum absolute atomic E-state index is 13.1. The quantitative estimate of drug-likeness (QED) is 0.642. The summed E-state index contributed by atoms with van der Waals surface area (Å²) in [4.78, 5) is 44.0. The molecule has 0 bridgehead atoms. The Hall–Kier alpha value is -3.48. The van der Waals surface area contributed by atoms with Crippen LogP contribution in [0, 0.1) is 5.92 Å². The number of ketones is 1. The van der Waals surface area contributed by atoms with Gasteiger partial charge in [-0.3, -0.25) is 19.5 Å². The molecule has 162 valence electrons. The maximum atomic E-state index is 13.1. The molecule has 1 unspecified atom stereocenters. The predicted molar refractivity (Wildman–Crippen MR) is 116 cm³/mol. The molecule has 0 radical (unpaired) electrons. The molecule has 0 spiro atoms. The van der Waals surface area contributed by atoms with Gasteiger partial charge in [-0.1, -0.05) is 32.9 Å². The lowest BCUT2D eigenvalue weighted by Gasteiger charge is -2.26. The van der Waals surface area contributed by atoms with Gasteiger partial charge in [-0.25, -0.2) is 4.79 Å². The monoisotopic (exact) mass is 422 g/mol. The fraction of sp³-hybridized carbons (Fsp3) is 0.333. The largest absolute Gasteiger partial charge is 0.503 e. The number of aliphatic hydroxyl groups is 1. The summed E-state index contributed by atoms with van der Waals surface area (Å²) in [6, 6.07) is 10.7. The van der Waals surface area contributed by atoms with Crippen molar-refractivity contribution in [1.29, 1.82) is 0 Å². The van der Waals surface area contributed by atoms with Crippen LogP contribution in [0.2, 0.25) is 0 Å². The Balaban J connectivity index is 2.06. The first-order valence-electron chi connectivity index (χ1n) is 10.3. The van der Waals surface area contributed by atoms with Gasteiger partial charge in [-0.05, 0) is 42.7 Å². The van der Waals surface area contributed by atoms with Crippen molar-refractivity contribution in [2.45, 2.75) is 39.7 Å². The Labute approximate surface area is 181 Å². The fourth-order valence-electron chi connectivity index (χ4n) is 3.52. The van der Waals surface area contributed by atoms with Gasteiger partial charge in [0.05, 0.1) is 23.4 Å². The number of anilines is 1. The summed E-state index contributed by atoms with van der Waals surface area (Å²) in [6.07, 6.45) is 2.45. The molecule has 1 amide bonds. The number of pyridine rings is 1. The van der Waals surface area contributed by atoms with E-state index in [4.69, 9.17) is 4.74 Å². The Bertz CT molecular complexity index is 1010. The van der Waals surface area contributed by atoms with Crippen LogP contribution in [0.1, 0.15) is 55.7 Å². The zero-order valence-electron chi connectivity index (χ0n) is 17.9. The number of esters is 1. The van der Waals surface area contributed by atoms with Crippen molar-refractivity contribution < 1.29 is 24.2 Å². The second-order valence-electron chi connectivity index (χ2n) is 7.80. The van der Waals surface area contributed by atoms with E-state index in [9.17, 15) is 19.5 Å². The van der Waals surface area contributed by atoms with Gasteiger partial charge in [0.2, 0.25) is 0 Å². The first-order valence-corrected chi connectivity index (χ1v) is 10.3. The minimum absolute atomic E-state index is 0.0244. The topological polar surface area (TPSA) is 96.8 Å². The molecule has 2 heterocycles. The SMILES string of the molecule is CCCOC(=O)c1cccc(N2C(=O)C(O)=C(C(=O)CC(C)C)C2c2ccccn2)c1. The molecule has 1 aliphatic heterocycles. The molecule has 7 heteroatoms. The summed E-state index contributed by atoms with van der Waals surface area (Å²) in [5.41, 5.74) is 1.12. The van der Waals surface area contributed by atoms with Crippen LogP contribution in [0.3, 0.4) is 0 Å². The number of aliphatic hydroxyl groups excluding tert-OH is 1. The molecule has 0 aliphatic carbocycles. The molecule has 1 aliphatic rings. The molecule has 3 rings (SSSR count). The molecule has 7 nitrogen and oxygen atoms in total. The molecule has 0 saturated carbocycles. The van der Waals surface area contributed by atoms with Crippen LogP contribution < -0.4 is 4.90 Å². The number of carbonyl (C=O) groups is 3. The van der Waals surface area contributed by atoms with Gasteiger partial charge in [0, 0.05) is 18.3 Å². The summed E-state index contributed by atoms with van der Waals surface area (Å²) < 4.78 is 5.19. The van der Waals surface area contributed by atoms with Crippen LogP contribution in [0.15, 0.2) is 60.0 Å². The second kappa shape index (κ2) is 9.55. The minimum atomic E-state index is -0.887. The van der Waals surface area contributed by atoms with Crippen molar-refractivity contribution >= 4 is 23.3 Å².